The molecule has 1 aromatic rings. The third-order valence-electron chi connectivity index (χ3n) is 1.58. The van der Waals surface area contributed by atoms with Gasteiger partial charge in [-0.1, -0.05) is 11.8 Å². The van der Waals surface area contributed by atoms with Gasteiger partial charge in [-0.05, 0) is 6.26 Å². The van der Waals surface area contributed by atoms with Crippen LogP contribution >= 0.6 is 11.8 Å². The van der Waals surface area contributed by atoms with Gasteiger partial charge in [-0.3, -0.25) is 0 Å². The van der Waals surface area contributed by atoms with Crippen LogP contribution < -0.4 is 5.73 Å². The lowest BCUT2D eigenvalue weighted by Crippen LogP contribution is -2.19. The van der Waals surface area contributed by atoms with E-state index in [2.05, 4.69) is 10.2 Å². The second kappa shape index (κ2) is 3.88. The van der Waals surface area contributed by atoms with Gasteiger partial charge in [-0.15, -0.1) is 10.2 Å². The molecule has 1 unspecified atom stereocenters. The third kappa shape index (κ3) is 1.60. The van der Waals surface area contributed by atoms with Gasteiger partial charge in [-0.25, -0.2) is 0 Å². The fourth-order valence-corrected chi connectivity index (χ4v) is 1.40. The smallest absolute Gasteiger partial charge is 0.190 e. The van der Waals surface area contributed by atoms with Crippen LogP contribution in [-0.2, 0) is 7.05 Å². The summed E-state index contributed by atoms with van der Waals surface area (Å²) in [7, 11) is 1.83. The fourth-order valence-electron chi connectivity index (χ4n) is 0.908. The number of aliphatic hydroxyl groups excluding tert-OH is 1. The molecular weight excluding hydrogens is 176 g/mol. The molecular formula is C6H12N4OS. The van der Waals surface area contributed by atoms with E-state index in [0.29, 0.717) is 5.82 Å². The maximum atomic E-state index is 8.78. The molecule has 1 heterocycles. The first-order chi connectivity index (χ1) is 5.70. The van der Waals surface area contributed by atoms with Gasteiger partial charge in [0.2, 0.25) is 0 Å². The van der Waals surface area contributed by atoms with Crippen molar-refractivity contribution in [2.24, 2.45) is 12.8 Å². The van der Waals surface area contributed by atoms with Gasteiger partial charge in [0.25, 0.3) is 0 Å². The number of aromatic nitrogens is 3. The minimum absolute atomic E-state index is 0.111. The monoisotopic (exact) mass is 188 g/mol. The van der Waals surface area contributed by atoms with Crippen LogP contribution in [-0.4, -0.2) is 32.7 Å². The predicted octanol–water partition coefficient (Wildman–Crippen LogP) is -0.471. The maximum absolute atomic E-state index is 8.78. The standard InChI is InChI=1S/C6H12N4OS/c1-10-5(4(7)3-11)8-9-6(10)12-2/h4,11H,3,7H2,1-2H3. The zero-order valence-corrected chi connectivity index (χ0v) is 7.88. The predicted molar refractivity (Wildman–Crippen MR) is 46.8 cm³/mol. The van der Waals surface area contributed by atoms with Crippen molar-refractivity contribution in [1.29, 1.82) is 0 Å². The topological polar surface area (TPSA) is 77.0 Å². The summed E-state index contributed by atoms with van der Waals surface area (Å²) in [5.74, 6) is 0.613. The van der Waals surface area contributed by atoms with E-state index >= 15 is 0 Å². The number of nitrogens with zero attached hydrogens (tertiary/aromatic N) is 3. The molecule has 0 saturated heterocycles. The molecule has 0 fully saturated rings. The minimum atomic E-state index is -0.441. The van der Waals surface area contributed by atoms with E-state index in [4.69, 9.17) is 10.8 Å². The molecule has 0 bridgehead atoms. The first-order valence-corrected chi connectivity index (χ1v) is 4.73. The molecule has 0 radical (unpaired) electrons. The van der Waals surface area contributed by atoms with Crippen LogP contribution in [0.15, 0.2) is 5.16 Å². The SMILES string of the molecule is CSc1nnc(C(N)CO)n1C. The van der Waals surface area contributed by atoms with Crippen molar-refractivity contribution in [3.63, 3.8) is 0 Å². The summed E-state index contributed by atoms with van der Waals surface area (Å²) in [5, 5.41) is 17.3. The average molecular weight is 188 g/mol. The lowest BCUT2D eigenvalue weighted by atomic mass is 10.3. The van der Waals surface area contributed by atoms with Crippen molar-refractivity contribution >= 4 is 11.8 Å². The molecule has 0 aliphatic carbocycles. The van der Waals surface area contributed by atoms with Crippen LogP contribution in [0.4, 0.5) is 0 Å². The molecule has 0 aliphatic rings. The highest BCUT2D eigenvalue weighted by atomic mass is 32.2. The van der Waals surface area contributed by atoms with Gasteiger partial charge in [0.05, 0.1) is 12.6 Å². The molecule has 0 spiro atoms. The summed E-state index contributed by atoms with van der Waals surface area (Å²) in [5.41, 5.74) is 5.58. The van der Waals surface area contributed by atoms with Gasteiger partial charge in [0.1, 0.15) is 0 Å². The molecule has 3 N–H and O–H groups in total. The Kier molecular flexibility index (Phi) is 3.07. The van der Waals surface area contributed by atoms with E-state index in [1.165, 1.54) is 11.8 Å². The van der Waals surface area contributed by atoms with E-state index in [9.17, 15) is 0 Å². The second-order valence-electron chi connectivity index (χ2n) is 2.39. The lowest BCUT2D eigenvalue weighted by Gasteiger charge is -2.06. The summed E-state index contributed by atoms with van der Waals surface area (Å²) in [6.45, 7) is -0.111. The van der Waals surface area contributed by atoms with E-state index < -0.39 is 6.04 Å². The van der Waals surface area contributed by atoms with Crippen molar-refractivity contribution < 1.29 is 5.11 Å². The Morgan fingerprint density at radius 3 is 2.75 bits per heavy atom. The lowest BCUT2D eigenvalue weighted by molar-refractivity contribution is 0.261. The fraction of sp³-hybridized carbons (Fsp3) is 0.667. The van der Waals surface area contributed by atoms with Gasteiger partial charge in [0, 0.05) is 7.05 Å². The van der Waals surface area contributed by atoms with E-state index in [-0.39, 0.29) is 6.61 Å². The van der Waals surface area contributed by atoms with Crippen molar-refractivity contribution in [3.05, 3.63) is 5.82 Å². The Balaban J connectivity index is 2.93. The summed E-state index contributed by atoms with van der Waals surface area (Å²) in [6, 6.07) is -0.441. The minimum Gasteiger partial charge on any atom is -0.394 e. The Morgan fingerprint density at radius 2 is 2.33 bits per heavy atom. The number of aliphatic hydroxyl groups is 1. The highest BCUT2D eigenvalue weighted by Crippen LogP contribution is 2.14. The van der Waals surface area contributed by atoms with Gasteiger partial charge < -0.3 is 15.4 Å². The molecule has 0 amide bonds. The van der Waals surface area contributed by atoms with Gasteiger partial charge >= 0.3 is 0 Å². The molecule has 68 valence electrons. The molecule has 5 nitrogen and oxygen atoms in total. The molecule has 1 atom stereocenters. The Hall–Kier alpha value is -0.590. The zero-order valence-electron chi connectivity index (χ0n) is 7.06. The van der Waals surface area contributed by atoms with Crippen LogP contribution in [0.25, 0.3) is 0 Å². The Bertz CT molecular complexity index is 262. The second-order valence-corrected chi connectivity index (χ2v) is 3.17. The molecule has 0 aromatic carbocycles. The molecule has 1 rings (SSSR count). The zero-order chi connectivity index (χ0) is 9.14. The molecule has 0 aliphatic heterocycles. The van der Waals surface area contributed by atoms with E-state index in [1.54, 1.807) is 4.57 Å². The maximum Gasteiger partial charge on any atom is 0.190 e. The van der Waals surface area contributed by atoms with Crippen LogP contribution in [0.5, 0.6) is 0 Å². The summed E-state index contributed by atoms with van der Waals surface area (Å²) < 4.78 is 1.78. The third-order valence-corrected chi connectivity index (χ3v) is 2.30. The van der Waals surface area contributed by atoms with Crippen LogP contribution in [0.1, 0.15) is 11.9 Å². The number of rotatable bonds is 3. The van der Waals surface area contributed by atoms with Crippen LogP contribution in [0.3, 0.4) is 0 Å². The van der Waals surface area contributed by atoms with Crippen LogP contribution in [0, 0.1) is 0 Å². The highest BCUT2D eigenvalue weighted by Gasteiger charge is 2.13. The Labute approximate surface area is 75.0 Å². The van der Waals surface area contributed by atoms with E-state index in [1.807, 2.05) is 13.3 Å². The first-order valence-electron chi connectivity index (χ1n) is 3.50. The summed E-state index contributed by atoms with van der Waals surface area (Å²) in [4.78, 5) is 0. The summed E-state index contributed by atoms with van der Waals surface area (Å²) in [6.07, 6.45) is 1.91. The summed E-state index contributed by atoms with van der Waals surface area (Å²) >= 11 is 1.50. The number of nitrogens with two attached hydrogens (primary N) is 1. The largest absolute Gasteiger partial charge is 0.394 e. The molecule has 0 saturated carbocycles. The van der Waals surface area contributed by atoms with Gasteiger partial charge in [0.15, 0.2) is 11.0 Å². The number of hydrogen-bond donors (Lipinski definition) is 2. The van der Waals surface area contributed by atoms with Crippen molar-refractivity contribution in [3.8, 4) is 0 Å². The van der Waals surface area contributed by atoms with E-state index in [0.717, 1.165) is 5.16 Å². The first kappa shape index (κ1) is 9.50. The molecule has 12 heavy (non-hydrogen) atoms. The number of hydrogen-bond acceptors (Lipinski definition) is 5. The van der Waals surface area contributed by atoms with Crippen molar-refractivity contribution in [1.82, 2.24) is 14.8 Å². The highest BCUT2D eigenvalue weighted by molar-refractivity contribution is 7.98. The number of thioether (sulfide) groups is 1. The van der Waals surface area contributed by atoms with Crippen LogP contribution in [0.2, 0.25) is 0 Å². The van der Waals surface area contributed by atoms with Crippen molar-refractivity contribution in [2.45, 2.75) is 11.2 Å². The normalized spacial score (nSPS) is 13.3. The van der Waals surface area contributed by atoms with Crippen molar-refractivity contribution in [2.75, 3.05) is 12.9 Å². The molecule has 6 heteroatoms. The average Bonchev–Trinajstić information content (AvgIpc) is 2.45. The molecule has 1 aromatic heterocycles. The quantitative estimate of drug-likeness (QED) is 0.627. The Morgan fingerprint density at radius 1 is 1.67 bits per heavy atom. The van der Waals surface area contributed by atoms with Gasteiger partial charge in [-0.2, -0.15) is 0 Å².